The van der Waals surface area contributed by atoms with E-state index >= 15 is 0 Å². The second-order valence-electron chi connectivity index (χ2n) is 4.39. The Balaban J connectivity index is 2.85. The third-order valence-corrected chi connectivity index (χ3v) is 2.76. The summed E-state index contributed by atoms with van der Waals surface area (Å²) in [5.41, 5.74) is -0.216. The van der Waals surface area contributed by atoms with Crippen LogP contribution in [0.25, 0.3) is 11.2 Å². The van der Waals surface area contributed by atoms with Crippen molar-refractivity contribution >= 4 is 17.1 Å². The van der Waals surface area contributed by atoms with Crippen LogP contribution in [0.1, 0.15) is 0 Å². The standard InChI is InChI=1S/C10H15N7O2/c1-14(2)13-12-9-11-7-6(15(9)3)8(18)17(5)10(19)16(7)4/h1-5H3/b13-12+. The fourth-order valence-corrected chi connectivity index (χ4v) is 1.73. The van der Waals surface area contributed by atoms with Crippen LogP contribution >= 0.6 is 0 Å². The highest BCUT2D eigenvalue weighted by Gasteiger charge is 2.16. The van der Waals surface area contributed by atoms with Gasteiger partial charge in [-0.05, 0) is 0 Å². The zero-order chi connectivity index (χ0) is 14.3. The first kappa shape index (κ1) is 13.0. The summed E-state index contributed by atoms with van der Waals surface area (Å²) >= 11 is 0. The number of fused-ring (bicyclic) bond motifs is 1. The van der Waals surface area contributed by atoms with Gasteiger partial charge < -0.3 is 4.57 Å². The smallest absolute Gasteiger partial charge is 0.304 e. The highest BCUT2D eigenvalue weighted by molar-refractivity contribution is 5.73. The molecule has 9 heteroatoms. The van der Waals surface area contributed by atoms with Crippen LogP contribution in [-0.2, 0) is 21.1 Å². The molecule has 0 unspecified atom stereocenters. The van der Waals surface area contributed by atoms with E-state index in [-0.39, 0.29) is 5.95 Å². The van der Waals surface area contributed by atoms with Gasteiger partial charge in [0.2, 0.25) is 0 Å². The van der Waals surface area contributed by atoms with Crippen molar-refractivity contribution in [2.45, 2.75) is 0 Å². The fourth-order valence-electron chi connectivity index (χ4n) is 1.73. The monoisotopic (exact) mass is 265 g/mol. The van der Waals surface area contributed by atoms with Crippen molar-refractivity contribution in [1.82, 2.24) is 23.7 Å². The molecule has 0 bridgehead atoms. The van der Waals surface area contributed by atoms with Gasteiger partial charge in [0, 0.05) is 35.2 Å². The Bertz CT molecular complexity index is 778. The second-order valence-corrected chi connectivity index (χ2v) is 4.39. The van der Waals surface area contributed by atoms with E-state index in [1.807, 2.05) is 0 Å². The lowest BCUT2D eigenvalue weighted by Gasteiger charge is -2.02. The summed E-state index contributed by atoms with van der Waals surface area (Å²) in [7, 11) is 8.09. The largest absolute Gasteiger partial charge is 0.332 e. The van der Waals surface area contributed by atoms with Crippen molar-refractivity contribution in [1.29, 1.82) is 0 Å². The Morgan fingerprint density at radius 3 is 2.26 bits per heavy atom. The Morgan fingerprint density at radius 2 is 1.68 bits per heavy atom. The van der Waals surface area contributed by atoms with E-state index in [1.54, 1.807) is 28.2 Å². The normalized spacial score (nSPS) is 11.6. The number of hydrogen-bond donors (Lipinski definition) is 0. The van der Waals surface area contributed by atoms with Gasteiger partial charge in [0.1, 0.15) is 0 Å². The Hall–Kier alpha value is -2.45. The molecule has 0 radical (unpaired) electrons. The number of hydrogen-bond acceptors (Lipinski definition) is 5. The van der Waals surface area contributed by atoms with Crippen molar-refractivity contribution in [3.63, 3.8) is 0 Å². The van der Waals surface area contributed by atoms with Gasteiger partial charge in [-0.1, -0.05) is 10.3 Å². The fraction of sp³-hybridized carbons (Fsp3) is 0.500. The highest BCUT2D eigenvalue weighted by atomic mass is 16.2. The quantitative estimate of drug-likeness (QED) is 0.542. The minimum absolute atomic E-state index is 0.266. The van der Waals surface area contributed by atoms with E-state index < -0.39 is 11.2 Å². The third-order valence-electron chi connectivity index (χ3n) is 2.76. The molecule has 102 valence electrons. The molecule has 9 nitrogen and oxygen atoms in total. The molecule has 0 aliphatic heterocycles. The molecule has 19 heavy (non-hydrogen) atoms. The van der Waals surface area contributed by atoms with Crippen molar-refractivity contribution in [3.8, 4) is 0 Å². The van der Waals surface area contributed by atoms with Crippen molar-refractivity contribution in [2.75, 3.05) is 14.1 Å². The van der Waals surface area contributed by atoms with Gasteiger partial charge in [-0.2, -0.15) is 4.98 Å². The number of aromatic nitrogens is 4. The lowest BCUT2D eigenvalue weighted by Crippen LogP contribution is -2.37. The average Bonchev–Trinajstić information content (AvgIpc) is 2.69. The van der Waals surface area contributed by atoms with E-state index in [1.165, 1.54) is 21.2 Å². The zero-order valence-corrected chi connectivity index (χ0v) is 11.4. The SMILES string of the molecule is CN(C)/N=N/c1nc2c(c(=O)n(C)c(=O)n2C)n1C. The molecular formula is C10H15N7O2. The van der Waals surface area contributed by atoms with Crippen molar-refractivity contribution in [2.24, 2.45) is 31.5 Å². The zero-order valence-electron chi connectivity index (χ0n) is 11.4. The summed E-state index contributed by atoms with van der Waals surface area (Å²) in [6.07, 6.45) is 0. The van der Waals surface area contributed by atoms with Crippen LogP contribution in [0.4, 0.5) is 5.95 Å². The molecule has 2 rings (SSSR count). The molecular weight excluding hydrogens is 250 g/mol. The van der Waals surface area contributed by atoms with Gasteiger partial charge in [-0.3, -0.25) is 18.9 Å². The van der Waals surface area contributed by atoms with Gasteiger partial charge in [0.15, 0.2) is 11.2 Å². The van der Waals surface area contributed by atoms with Crippen LogP contribution in [0.5, 0.6) is 0 Å². The summed E-state index contributed by atoms with van der Waals surface area (Å²) in [6, 6.07) is 0. The van der Waals surface area contributed by atoms with E-state index in [9.17, 15) is 9.59 Å². The first-order valence-electron chi connectivity index (χ1n) is 5.56. The maximum Gasteiger partial charge on any atom is 0.332 e. The first-order valence-corrected chi connectivity index (χ1v) is 5.56. The predicted octanol–water partition coefficient (Wildman–Crippen LogP) is -0.469. The Labute approximate surface area is 108 Å². The first-order chi connectivity index (χ1) is 8.84. The minimum Gasteiger partial charge on any atom is -0.304 e. The Morgan fingerprint density at radius 1 is 1.05 bits per heavy atom. The molecule has 0 amide bonds. The summed E-state index contributed by atoms with van der Waals surface area (Å²) in [6.45, 7) is 0. The molecule has 0 fully saturated rings. The van der Waals surface area contributed by atoms with Crippen molar-refractivity contribution in [3.05, 3.63) is 20.8 Å². The van der Waals surface area contributed by atoms with Crippen LogP contribution in [0, 0.1) is 0 Å². The molecule has 0 spiro atoms. The van der Waals surface area contributed by atoms with Gasteiger partial charge in [0.05, 0.1) is 0 Å². The maximum absolute atomic E-state index is 12.1. The predicted molar refractivity (Wildman–Crippen MR) is 69.4 cm³/mol. The van der Waals surface area contributed by atoms with Gasteiger partial charge in [0.25, 0.3) is 11.5 Å². The molecule has 2 aromatic heterocycles. The number of imidazole rings is 1. The summed E-state index contributed by atoms with van der Waals surface area (Å²) in [4.78, 5) is 28.1. The molecule has 0 aliphatic carbocycles. The molecule has 2 heterocycles. The topological polar surface area (TPSA) is 89.8 Å². The van der Waals surface area contributed by atoms with Crippen LogP contribution in [0.15, 0.2) is 19.9 Å². The molecule has 0 N–H and O–H groups in total. The van der Waals surface area contributed by atoms with Crippen molar-refractivity contribution < 1.29 is 0 Å². The average molecular weight is 265 g/mol. The van der Waals surface area contributed by atoms with E-state index in [2.05, 4.69) is 15.3 Å². The van der Waals surface area contributed by atoms with E-state index in [0.29, 0.717) is 11.2 Å². The molecule has 0 aromatic carbocycles. The second kappa shape index (κ2) is 4.34. The minimum atomic E-state index is -0.424. The summed E-state index contributed by atoms with van der Waals surface area (Å²) < 4.78 is 3.87. The molecule has 0 saturated heterocycles. The molecule has 0 saturated carbocycles. The van der Waals surface area contributed by atoms with Gasteiger partial charge in [-0.25, -0.2) is 4.79 Å². The third kappa shape index (κ3) is 1.92. The maximum atomic E-state index is 12.1. The van der Waals surface area contributed by atoms with E-state index in [0.717, 1.165) is 4.57 Å². The van der Waals surface area contributed by atoms with Crippen LogP contribution < -0.4 is 11.2 Å². The Kier molecular flexibility index (Phi) is 2.97. The van der Waals surface area contributed by atoms with Crippen LogP contribution in [0.2, 0.25) is 0 Å². The van der Waals surface area contributed by atoms with E-state index in [4.69, 9.17) is 0 Å². The number of rotatable bonds is 2. The van der Waals surface area contributed by atoms with Gasteiger partial charge >= 0.3 is 5.69 Å². The van der Waals surface area contributed by atoms with Crippen LogP contribution in [-0.4, -0.2) is 37.8 Å². The molecule has 2 aromatic rings. The number of aryl methyl sites for hydroxylation is 2. The highest BCUT2D eigenvalue weighted by Crippen LogP contribution is 2.16. The van der Waals surface area contributed by atoms with Crippen LogP contribution in [0.3, 0.4) is 0 Å². The number of nitrogens with zero attached hydrogens (tertiary/aromatic N) is 7. The summed E-state index contributed by atoms with van der Waals surface area (Å²) in [5.74, 6) is 0.266. The lowest BCUT2D eigenvalue weighted by atomic mass is 10.5. The molecule has 0 atom stereocenters. The summed E-state index contributed by atoms with van der Waals surface area (Å²) in [5, 5.41) is 9.27. The van der Waals surface area contributed by atoms with Gasteiger partial charge in [-0.15, -0.1) is 0 Å². The molecule has 0 aliphatic rings. The lowest BCUT2D eigenvalue weighted by molar-refractivity contribution is 0.406.